The number of hydrazone groups is 1. The Morgan fingerprint density at radius 1 is 1.39 bits per heavy atom. The summed E-state index contributed by atoms with van der Waals surface area (Å²) in [6, 6.07) is 0. The summed E-state index contributed by atoms with van der Waals surface area (Å²) >= 11 is 0. The second-order valence-corrected chi connectivity index (χ2v) is 5.53. The van der Waals surface area contributed by atoms with Gasteiger partial charge in [-0.2, -0.15) is 9.78 Å². The first-order valence-corrected chi connectivity index (χ1v) is 7.51. The molecule has 2 aromatic rings. The highest BCUT2D eigenvalue weighted by Gasteiger charge is 2.22. The van der Waals surface area contributed by atoms with Crippen LogP contribution in [0.1, 0.15) is 48.3 Å². The summed E-state index contributed by atoms with van der Waals surface area (Å²) in [4.78, 5) is 12.4. The minimum atomic E-state index is -0.443. The predicted octanol–water partition coefficient (Wildman–Crippen LogP) is 0.837. The molecule has 0 unspecified atom stereocenters. The molecule has 0 aromatic carbocycles. The monoisotopic (exact) mass is 318 g/mol. The van der Waals surface area contributed by atoms with Crippen LogP contribution in [-0.4, -0.2) is 37.4 Å². The van der Waals surface area contributed by atoms with Gasteiger partial charge in [0.15, 0.2) is 5.69 Å². The molecule has 23 heavy (non-hydrogen) atoms. The van der Waals surface area contributed by atoms with Crippen LogP contribution in [0.3, 0.4) is 0 Å². The van der Waals surface area contributed by atoms with Gasteiger partial charge in [-0.1, -0.05) is 24.5 Å². The number of nitrogens with one attached hydrogen (secondary N) is 1. The molecule has 0 bridgehead atoms. The van der Waals surface area contributed by atoms with Gasteiger partial charge in [0, 0.05) is 6.21 Å². The van der Waals surface area contributed by atoms with E-state index in [-0.39, 0.29) is 17.3 Å². The molecule has 1 aliphatic rings. The number of amides is 1. The van der Waals surface area contributed by atoms with Crippen molar-refractivity contribution in [1.82, 2.24) is 30.7 Å². The number of anilines is 1. The van der Waals surface area contributed by atoms with E-state index in [1.807, 2.05) is 0 Å². The Kier molecular flexibility index (Phi) is 4.31. The first-order valence-electron chi connectivity index (χ1n) is 7.51. The van der Waals surface area contributed by atoms with Crippen LogP contribution in [0.15, 0.2) is 9.73 Å². The summed E-state index contributed by atoms with van der Waals surface area (Å²) in [6.07, 6.45) is 7.70. The Labute approximate surface area is 132 Å². The van der Waals surface area contributed by atoms with Gasteiger partial charge in [-0.3, -0.25) is 4.79 Å². The zero-order valence-electron chi connectivity index (χ0n) is 12.8. The maximum absolute atomic E-state index is 12.4. The third-order valence-corrected chi connectivity index (χ3v) is 3.85. The Morgan fingerprint density at radius 3 is 2.87 bits per heavy atom. The second-order valence-electron chi connectivity index (χ2n) is 5.53. The molecule has 0 saturated heterocycles. The van der Waals surface area contributed by atoms with Gasteiger partial charge in [0.25, 0.3) is 5.91 Å². The van der Waals surface area contributed by atoms with Gasteiger partial charge in [0.1, 0.15) is 0 Å². The van der Waals surface area contributed by atoms with E-state index in [2.05, 4.69) is 35.8 Å². The number of nitrogens with two attached hydrogens (primary N) is 1. The highest BCUT2D eigenvalue weighted by atomic mass is 16.6. The van der Waals surface area contributed by atoms with Gasteiger partial charge >= 0.3 is 0 Å². The first-order chi connectivity index (χ1) is 11.2. The van der Waals surface area contributed by atoms with Crippen molar-refractivity contribution in [3.05, 3.63) is 11.4 Å². The normalized spacial score (nSPS) is 16.0. The zero-order valence-corrected chi connectivity index (χ0v) is 12.8. The van der Waals surface area contributed by atoms with E-state index in [0.717, 1.165) is 12.8 Å². The minimum absolute atomic E-state index is 0.0228. The lowest BCUT2D eigenvalue weighted by molar-refractivity contribution is 0.0946. The van der Waals surface area contributed by atoms with Crippen LogP contribution in [0.25, 0.3) is 5.82 Å². The van der Waals surface area contributed by atoms with Crippen molar-refractivity contribution in [2.24, 2.45) is 11.0 Å². The van der Waals surface area contributed by atoms with E-state index in [9.17, 15) is 4.79 Å². The molecule has 0 aliphatic heterocycles. The van der Waals surface area contributed by atoms with Crippen LogP contribution in [-0.2, 0) is 0 Å². The van der Waals surface area contributed by atoms with E-state index in [1.54, 1.807) is 13.1 Å². The van der Waals surface area contributed by atoms with Crippen molar-refractivity contribution in [1.29, 1.82) is 0 Å². The summed E-state index contributed by atoms with van der Waals surface area (Å²) in [6.45, 7) is 1.66. The molecule has 3 N–H and O–H groups in total. The molecule has 1 fully saturated rings. The van der Waals surface area contributed by atoms with E-state index >= 15 is 0 Å². The molecule has 2 heterocycles. The molecule has 10 heteroatoms. The standard InChI is InChI=1S/C13H18N8O2/c1-8-10(21(20-16-8)12-11(14)18-23-19-12)13(22)17-15-7-9-5-3-2-4-6-9/h7,9H,2-6H2,1H3,(H2,14,18)(H,17,22)/b15-7+. The fourth-order valence-corrected chi connectivity index (χ4v) is 2.64. The number of nitrogens with zero attached hydrogens (tertiary/aromatic N) is 6. The summed E-state index contributed by atoms with van der Waals surface area (Å²) < 4.78 is 5.72. The highest BCUT2D eigenvalue weighted by Crippen LogP contribution is 2.21. The quantitative estimate of drug-likeness (QED) is 0.629. The minimum Gasteiger partial charge on any atom is -0.378 e. The maximum Gasteiger partial charge on any atom is 0.292 e. The molecule has 1 aliphatic carbocycles. The van der Waals surface area contributed by atoms with Crippen LogP contribution in [0.5, 0.6) is 0 Å². The summed E-state index contributed by atoms with van der Waals surface area (Å²) in [5, 5.41) is 18.9. The van der Waals surface area contributed by atoms with Crippen LogP contribution >= 0.6 is 0 Å². The average Bonchev–Trinajstić information content (AvgIpc) is 3.13. The van der Waals surface area contributed by atoms with Crippen molar-refractivity contribution >= 4 is 17.9 Å². The lowest BCUT2D eigenvalue weighted by Crippen LogP contribution is -2.23. The molecule has 1 amide bonds. The van der Waals surface area contributed by atoms with E-state index < -0.39 is 5.91 Å². The average molecular weight is 318 g/mol. The third-order valence-electron chi connectivity index (χ3n) is 3.85. The van der Waals surface area contributed by atoms with Gasteiger partial charge in [0.05, 0.1) is 5.69 Å². The first kappa shape index (κ1) is 15.1. The van der Waals surface area contributed by atoms with Gasteiger partial charge < -0.3 is 5.73 Å². The van der Waals surface area contributed by atoms with Crippen LogP contribution in [0.4, 0.5) is 5.82 Å². The second kappa shape index (κ2) is 6.55. The Morgan fingerprint density at radius 2 is 2.17 bits per heavy atom. The van der Waals surface area contributed by atoms with E-state index in [1.165, 1.54) is 23.9 Å². The Bertz CT molecular complexity index is 713. The van der Waals surface area contributed by atoms with Crippen molar-refractivity contribution < 1.29 is 9.42 Å². The fraction of sp³-hybridized carbons (Fsp3) is 0.538. The number of carbonyl (C=O) groups excluding carboxylic acids is 1. The predicted molar refractivity (Wildman–Crippen MR) is 80.9 cm³/mol. The SMILES string of the molecule is Cc1nnn(-c2nonc2N)c1C(=O)N/N=C/C1CCCCC1. The largest absolute Gasteiger partial charge is 0.378 e. The molecule has 2 aromatic heterocycles. The van der Waals surface area contributed by atoms with Crippen LogP contribution in [0, 0.1) is 12.8 Å². The van der Waals surface area contributed by atoms with Gasteiger partial charge in [-0.05, 0) is 36.0 Å². The van der Waals surface area contributed by atoms with Crippen LogP contribution in [0.2, 0.25) is 0 Å². The molecule has 0 radical (unpaired) electrons. The molecule has 1 saturated carbocycles. The number of hydrogen-bond donors (Lipinski definition) is 2. The molecule has 0 spiro atoms. The molecule has 122 valence electrons. The van der Waals surface area contributed by atoms with E-state index in [0.29, 0.717) is 11.6 Å². The van der Waals surface area contributed by atoms with Crippen molar-refractivity contribution in [2.45, 2.75) is 39.0 Å². The number of aryl methyl sites for hydroxylation is 1. The number of hydrogen-bond acceptors (Lipinski definition) is 8. The smallest absolute Gasteiger partial charge is 0.292 e. The van der Waals surface area contributed by atoms with Crippen molar-refractivity contribution in [3.8, 4) is 5.82 Å². The number of nitrogen functional groups attached to an aromatic ring is 1. The lowest BCUT2D eigenvalue weighted by Gasteiger charge is -2.16. The van der Waals surface area contributed by atoms with Crippen molar-refractivity contribution in [3.63, 3.8) is 0 Å². The van der Waals surface area contributed by atoms with E-state index in [4.69, 9.17) is 5.73 Å². The molecular formula is C13H18N8O2. The van der Waals surface area contributed by atoms with Crippen LogP contribution < -0.4 is 11.2 Å². The lowest BCUT2D eigenvalue weighted by atomic mass is 9.90. The summed E-state index contributed by atoms with van der Waals surface area (Å²) in [7, 11) is 0. The fourth-order valence-electron chi connectivity index (χ4n) is 2.64. The molecule has 0 atom stereocenters. The number of carbonyl (C=O) groups is 1. The Hall–Kier alpha value is -2.78. The Balaban J connectivity index is 1.73. The number of aromatic nitrogens is 5. The summed E-state index contributed by atoms with van der Waals surface area (Å²) in [5.74, 6) is 0.118. The maximum atomic E-state index is 12.4. The molecular weight excluding hydrogens is 300 g/mol. The van der Waals surface area contributed by atoms with Gasteiger partial charge in [0.2, 0.25) is 11.6 Å². The zero-order chi connectivity index (χ0) is 16.2. The topological polar surface area (TPSA) is 137 Å². The molecule has 3 rings (SSSR count). The number of rotatable bonds is 4. The third kappa shape index (κ3) is 3.20. The van der Waals surface area contributed by atoms with Gasteiger partial charge in [-0.25, -0.2) is 10.1 Å². The summed E-state index contributed by atoms with van der Waals surface area (Å²) in [5.41, 5.74) is 8.75. The van der Waals surface area contributed by atoms with Crippen molar-refractivity contribution in [2.75, 3.05) is 5.73 Å². The highest BCUT2D eigenvalue weighted by molar-refractivity contribution is 5.94. The molecule has 10 nitrogen and oxygen atoms in total. The van der Waals surface area contributed by atoms with Gasteiger partial charge in [-0.15, -0.1) is 5.10 Å².